The number of piperidine rings is 1. The minimum atomic E-state index is -3.66. The molecule has 0 spiro atoms. The molecule has 8 heteroatoms. The Morgan fingerprint density at radius 1 is 0.971 bits per heavy atom. The van der Waals surface area contributed by atoms with Crippen molar-refractivity contribution < 1.29 is 13.2 Å². The van der Waals surface area contributed by atoms with Gasteiger partial charge in [-0.15, -0.1) is 0 Å². The fourth-order valence-electron chi connectivity index (χ4n) is 4.39. The number of halogens is 1. The van der Waals surface area contributed by atoms with E-state index >= 15 is 0 Å². The van der Waals surface area contributed by atoms with Crippen LogP contribution in [-0.4, -0.2) is 40.0 Å². The van der Waals surface area contributed by atoms with Crippen molar-refractivity contribution >= 4 is 27.5 Å². The molecule has 1 amide bonds. The number of nitrogens with one attached hydrogen (secondary N) is 3. The third-order valence-electron chi connectivity index (χ3n) is 6.33. The normalized spacial score (nSPS) is 19.1. The fourth-order valence-corrected chi connectivity index (χ4v) is 5.77. The second-order valence-electron chi connectivity index (χ2n) is 8.98. The van der Waals surface area contributed by atoms with E-state index in [0.717, 1.165) is 16.7 Å². The summed E-state index contributed by atoms with van der Waals surface area (Å²) < 4.78 is 28.3. The van der Waals surface area contributed by atoms with E-state index in [2.05, 4.69) is 15.4 Å². The zero-order valence-electron chi connectivity index (χ0n) is 19.6. The standard InChI is InChI=1S/C27H30ClN3O3S/c1-19-7-13-25(14-8-19)35(33,34)31-24-15-22(16-29-17-24)27(32)30-18-26(20-5-3-2-4-6-20)21-9-11-23(28)12-10-21/h2-14,22,24,26,29,31H,15-18H2,1H3,(H,30,32). The molecule has 3 atom stereocenters. The lowest BCUT2D eigenvalue weighted by Crippen LogP contribution is -2.52. The van der Waals surface area contributed by atoms with Gasteiger partial charge in [0.15, 0.2) is 0 Å². The molecule has 1 aliphatic rings. The zero-order chi connectivity index (χ0) is 24.8. The lowest BCUT2D eigenvalue weighted by atomic mass is 9.90. The lowest BCUT2D eigenvalue weighted by Gasteiger charge is -2.30. The van der Waals surface area contributed by atoms with Crippen LogP contribution in [-0.2, 0) is 14.8 Å². The maximum Gasteiger partial charge on any atom is 0.240 e. The van der Waals surface area contributed by atoms with Gasteiger partial charge in [0.05, 0.1) is 10.8 Å². The van der Waals surface area contributed by atoms with Crippen LogP contribution in [0.15, 0.2) is 83.8 Å². The Labute approximate surface area is 212 Å². The van der Waals surface area contributed by atoms with Crippen LogP contribution in [0.25, 0.3) is 0 Å². The molecule has 0 aliphatic carbocycles. The summed E-state index contributed by atoms with van der Waals surface area (Å²) in [6.45, 7) is 3.33. The van der Waals surface area contributed by atoms with Gasteiger partial charge in [-0.05, 0) is 48.7 Å². The highest BCUT2D eigenvalue weighted by molar-refractivity contribution is 7.89. The zero-order valence-corrected chi connectivity index (χ0v) is 21.1. The van der Waals surface area contributed by atoms with Gasteiger partial charge in [0.1, 0.15) is 0 Å². The molecular formula is C27H30ClN3O3S. The quantitative estimate of drug-likeness (QED) is 0.428. The van der Waals surface area contributed by atoms with Gasteiger partial charge in [-0.3, -0.25) is 4.79 Å². The molecule has 6 nitrogen and oxygen atoms in total. The number of sulfonamides is 1. The monoisotopic (exact) mass is 511 g/mol. The Balaban J connectivity index is 1.40. The molecule has 184 valence electrons. The van der Waals surface area contributed by atoms with Crippen LogP contribution in [0.1, 0.15) is 29.0 Å². The third-order valence-corrected chi connectivity index (χ3v) is 8.12. The Hall–Kier alpha value is -2.71. The number of hydrogen-bond donors (Lipinski definition) is 3. The molecule has 3 aromatic rings. The molecule has 0 aromatic heterocycles. The highest BCUT2D eigenvalue weighted by Gasteiger charge is 2.30. The average Bonchev–Trinajstić information content (AvgIpc) is 2.86. The van der Waals surface area contributed by atoms with Crippen LogP contribution >= 0.6 is 11.6 Å². The Bertz CT molecular complexity index is 1230. The van der Waals surface area contributed by atoms with Crippen LogP contribution in [0.2, 0.25) is 5.02 Å². The van der Waals surface area contributed by atoms with Crippen molar-refractivity contribution in [2.45, 2.75) is 30.2 Å². The first-order valence-electron chi connectivity index (χ1n) is 11.7. The van der Waals surface area contributed by atoms with Crippen LogP contribution < -0.4 is 15.4 Å². The van der Waals surface area contributed by atoms with E-state index in [0.29, 0.717) is 31.1 Å². The SMILES string of the molecule is Cc1ccc(S(=O)(=O)NC2CNCC(C(=O)NCC(c3ccccc3)c3ccc(Cl)cc3)C2)cc1. The predicted octanol–water partition coefficient (Wildman–Crippen LogP) is 3.85. The molecule has 0 saturated carbocycles. The van der Waals surface area contributed by atoms with E-state index in [-0.39, 0.29) is 28.7 Å². The number of hydrogen-bond acceptors (Lipinski definition) is 4. The van der Waals surface area contributed by atoms with Crippen LogP contribution in [0.4, 0.5) is 0 Å². The Morgan fingerprint density at radius 2 is 1.63 bits per heavy atom. The number of rotatable bonds is 8. The summed E-state index contributed by atoms with van der Waals surface area (Å²) in [5.74, 6) is -0.451. The molecule has 1 heterocycles. The molecule has 0 radical (unpaired) electrons. The first-order chi connectivity index (χ1) is 16.8. The molecule has 3 aromatic carbocycles. The summed E-state index contributed by atoms with van der Waals surface area (Å²) in [6.07, 6.45) is 0.431. The molecular weight excluding hydrogens is 482 g/mol. The highest BCUT2D eigenvalue weighted by atomic mass is 35.5. The molecule has 3 unspecified atom stereocenters. The highest BCUT2D eigenvalue weighted by Crippen LogP contribution is 2.26. The van der Waals surface area contributed by atoms with Gasteiger partial charge in [-0.2, -0.15) is 0 Å². The average molecular weight is 512 g/mol. The molecule has 0 bridgehead atoms. The van der Waals surface area contributed by atoms with E-state index in [1.165, 1.54) is 0 Å². The van der Waals surface area contributed by atoms with Gasteiger partial charge < -0.3 is 10.6 Å². The van der Waals surface area contributed by atoms with Gasteiger partial charge in [-0.25, -0.2) is 13.1 Å². The van der Waals surface area contributed by atoms with Gasteiger partial charge in [0, 0.05) is 36.6 Å². The number of carbonyl (C=O) groups is 1. The summed E-state index contributed by atoms with van der Waals surface area (Å²) >= 11 is 6.07. The first kappa shape index (κ1) is 25.4. The minimum Gasteiger partial charge on any atom is -0.355 e. The van der Waals surface area contributed by atoms with Crippen LogP contribution in [0.5, 0.6) is 0 Å². The number of aryl methyl sites for hydroxylation is 1. The molecule has 1 fully saturated rings. The van der Waals surface area contributed by atoms with Gasteiger partial charge in [0.25, 0.3) is 0 Å². The fraction of sp³-hybridized carbons (Fsp3) is 0.296. The molecule has 4 rings (SSSR count). The number of carbonyl (C=O) groups excluding carboxylic acids is 1. The molecule has 3 N–H and O–H groups in total. The van der Waals surface area contributed by atoms with Gasteiger partial charge in [0.2, 0.25) is 15.9 Å². The lowest BCUT2D eigenvalue weighted by molar-refractivity contribution is -0.125. The molecule has 35 heavy (non-hydrogen) atoms. The van der Waals surface area contributed by atoms with Crippen molar-refractivity contribution in [2.75, 3.05) is 19.6 Å². The third kappa shape index (κ3) is 6.70. The van der Waals surface area contributed by atoms with Crippen LogP contribution in [0, 0.1) is 12.8 Å². The number of benzene rings is 3. The smallest absolute Gasteiger partial charge is 0.240 e. The van der Waals surface area contributed by atoms with Crippen molar-refractivity contribution in [2.24, 2.45) is 5.92 Å². The van der Waals surface area contributed by atoms with Gasteiger partial charge in [-0.1, -0.05) is 71.8 Å². The topological polar surface area (TPSA) is 87.3 Å². The second-order valence-corrected chi connectivity index (χ2v) is 11.1. The van der Waals surface area contributed by atoms with E-state index < -0.39 is 10.0 Å². The maximum atomic E-state index is 13.1. The predicted molar refractivity (Wildman–Crippen MR) is 139 cm³/mol. The maximum absolute atomic E-state index is 13.1. The summed E-state index contributed by atoms with van der Waals surface area (Å²) in [4.78, 5) is 13.3. The van der Waals surface area contributed by atoms with Crippen molar-refractivity contribution in [3.8, 4) is 0 Å². The van der Waals surface area contributed by atoms with Crippen LogP contribution in [0.3, 0.4) is 0 Å². The summed E-state index contributed by atoms with van der Waals surface area (Å²) in [6, 6.07) is 24.0. The van der Waals surface area contributed by atoms with Crippen molar-refractivity contribution in [1.82, 2.24) is 15.4 Å². The summed E-state index contributed by atoms with van der Waals surface area (Å²) in [5.41, 5.74) is 3.15. The largest absolute Gasteiger partial charge is 0.355 e. The minimum absolute atomic E-state index is 0.0233. The van der Waals surface area contributed by atoms with E-state index in [1.54, 1.807) is 24.3 Å². The second kappa shape index (κ2) is 11.4. The van der Waals surface area contributed by atoms with Crippen molar-refractivity contribution in [3.05, 3.63) is 101 Å². The van der Waals surface area contributed by atoms with E-state index in [9.17, 15) is 13.2 Å². The van der Waals surface area contributed by atoms with Gasteiger partial charge >= 0.3 is 0 Å². The molecule has 1 saturated heterocycles. The van der Waals surface area contributed by atoms with E-state index in [4.69, 9.17) is 11.6 Å². The number of amides is 1. The Kier molecular flexibility index (Phi) is 8.23. The molecule has 1 aliphatic heterocycles. The van der Waals surface area contributed by atoms with Crippen molar-refractivity contribution in [3.63, 3.8) is 0 Å². The van der Waals surface area contributed by atoms with E-state index in [1.807, 2.05) is 61.5 Å². The summed E-state index contributed by atoms with van der Waals surface area (Å²) in [5, 5.41) is 6.96. The Morgan fingerprint density at radius 3 is 2.31 bits per heavy atom. The summed E-state index contributed by atoms with van der Waals surface area (Å²) in [7, 11) is -3.66. The first-order valence-corrected chi connectivity index (χ1v) is 13.6. The van der Waals surface area contributed by atoms with Crippen molar-refractivity contribution in [1.29, 1.82) is 0 Å².